The summed E-state index contributed by atoms with van der Waals surface area (Å²) >= 11 is 0. The van der Waals surface area contributed by atoms with Crippen molar-refractivity contribution >= 4 is 17.3 Å². The van der Waals surface area contributed by atoms with Gasteiger partial charge in [0.15, 0.2) is 0 Å². The summed E-state index contributed by atoms with van der Waals surface area (Å²) in [6.45, 7) is 8.75. The van der Waals surface area contributed by atoms with Gasteiger partial charge in [-0.05, 0) is 37.1 Å². The molecule has 6 heteroatoms. The largest absolute Gasteiger partial charge is 0.371 e. The van der Waals surface area contributed by atoms with Crippen LogP contribution in [-0.4, -0.2) is 60.6 Å². The Bertz CT molecular complexity index is 1010. The molecule has 160 valence electrons. The number of hydrogen-bond donors (Lipinski definition) is 0. The first-order valence-corrected chi connectivity index (χ1v) is 11.0. The minimum atomic E-state index is 0.0187. The second-order valence-corrected chi connectivity index (χ2v) is 8.29. The number of nitrogens with zero attached hydrogens (tertiary/aromatic N) is 5. The Balaban J connectivity index is 1.42. The number of guanidine groups is 1. The SMILES string of the molecule is C=C1C=C(c2ccncc2)N=C(N2CCOC(c3ccccc3N3CCCC3)C2)N1C. The van der Waals surface area contributed by atoms with E-state index in [1.807, 2.05) is 25.3 Å². The molecule has 1 atom stereocenters. The minimum Gasteiger partial charge on any atom is -0.371 e. The second kappa shape index (κ2) is 8.55. The van der Waals surface area contributed by atoms with Crippen LogP contribution < -0.4 is 4.90 Å². The van der Waals surface area contributed by atoms with Crippen LogP contribution in [0.3, 0.4) is 0 Å². The summed E-state index contributed by atoms with van der Waals surface area (Å²) in [4.78, 5) is 16.0. The summed E-state index contributed by atoms with van der Waals surface area (Å²) in [6.07, 6.45) is 8.17. The van der Waals surface area contributed by atoms with Crippen molar-refractivity contribution in [2.75, 3.05) is 44.7 Å². The van der Waals surface area contributed by atoms with Crippen molar-refractivity contribution in [3.05, 3.63) is 78.3 Å². The monoisotopic (exact) mass is 415 g/mol. The topological polar surface area (TPSA) is 44.2 Å². The lowest BCUT2D eigenvalue weighted by Crippen LogP contribution is -2.49. The third kappa shape index (κ3) is 3.95. The number of morpholine rings is 1. The molecule has 2 fully saturated rings. The quantitative estimate of drug-likeness (QED) is 0.761. The van der Waals surface area contributed by atoms with Crippen LogP contribution in [0.25, 0.3) is 5.70 Å². The van der Waals surface area contributed by atoms with Crippen LogP contribution >= 0.6 is 0 Å². The second-order valence-electron chi connectivity index (χ2n) is 8.29. The highest BCUT2D eigenvalue weighted by Crippen LogP contribution is 2.34. The molecule has 1 aromatic carbocycles. The third-order valence-corrected chi connectivity index (χ3v) is 6.31. The van der Waals surface area contributed by atoms with Crippen LogP contribution in [0, 0.1) is 0 Å². The van der Waals surface area contributed by atoms with E-state index < -0.39 is 0 Å². The summed E-state index contributed by atoms with van der Waals surface area (Å²) < 4.78 is 6.27. The molecule has 1 aromatic heterocycles. The van der Waals surface area contributed by atoms with Crippen molar-refractivity contribution in [2.24, 2.45) is 4.99 Å². The van der Waals surface area contributed by atoms with Crippen LogP contribution in [0.2, 0.25) is 0 Å². The van der Waals surface area contributed by atoms with Crippen molar-refractivity contribution in [3.8, 4) is 0 Å². The van der Waals surface area contributed by atoms with Crippen LogP contribution in [0.4, 0.5) is 5.69 Å². The molecule has 0 bridgehead atoms. The first-order chi connectivity index (χ1) is 15.2. The number of likely N-dealkylation sites (N-methyl/N-ethyl adjacent to an activating group) is 1. The molecule has 6 nitrogen and oxygen atoms in total. The van der Waals surface area contributed by atoms with E-state index in [0.29, 0.717) is 6.61 Å². The van der Waals surface area contributed by atoms with Gasteiger partial charge in [0.05, 0.1) is 18.8 Å². The zero-order chi connectivity index (χ0) is 21.2. The maximum absolute atomic E-state index is 6.27. The van der Waals surface area contributed by atoms with Crippen molar-refractivity contribution in [1.82, 2.24) is 14.8 Å². The zero-order valence-electron chi connectivity index (χ0n) is 18.1. The van der Waals surface area contributed by atoms with Crippen molar-refractivity contribution < 1.29 is 4.74 Å². The van der Waals surface area contributed by atoms with Gasteiger partial charge in [-0.3, -0.25) is 4.98 Å². The van der Waals surface area contributed by atoms with Gasteiger partial charge in [0, 0.05) is 61.6 Å². The number of allylic oxidation sites excluding steroid dienone is 1. The highest BCUT2D eigenvalue weighted by atomic mass is 16.5. The summed E-state index contributed by atoms with van der Waals surface area (Å²) in [5.74, 6) is 0.922. The first-order valence-electron chi connectivity index (χ1n) is 11.0. The molecule has 0 saturated carbocycles. The normalized spacial score (nSPS) is 21.9. The van der Waals surface area contributed by atoms with Crippen molar-refractivity contribution in [3.63, 3.8) is 0 Å². The zero-order valence-corrected chi connectivity index (χ0v) is 18.1. The van der Waals surface area contributed by atoms with Gasteiger partial charge < -0.3 is 19.4 Å². The van der Waals surface area contributed by atoms with E-state index in [0.717, 1.165) is 49.1 Å². The van der Waals surface area contributed by atoms with E-state index in [4.69, 9.17) is 9.73 Å². The van der Waals surface area contributed by atoms with Gasteiger partial charge in [-0.1, -0.05) is 24.8 Å². The molecule has 0 amide bonds. The molecule has 3 aliphatic rings. The molecule has 0 N–H and O–H groups in total. The summed E-state index contributed by atoms with van der Waals surface area (Å²) in [5, 5.41) is 0. The number of aromatic nitrogens is 1. The van der Waals surface area contributed by atoms with Gasteiger partial charge in [-0.25, -0.2) is 4.99 Å². The summed E-state index contributed by atoms with van der Waals surface area (Å²) in [5.41, 5.74) is 5.48. The van der Waals surface area contributed by atoms with Crippen LogP contribution in [0.15, 0.2) is 72.1 Å². The lowest BCUT2D eigenvalue weighted by molar-refractivity contribution is -0.00936. The fourth-order valence-corrected chi connectivity index (χ4v) is 4.58. The standard InChI is InChI=1S/C25H29N5O/c1-19-17-22(20-9-11-26-12-10-20)27-25(28(19)2)30-15-16-31-24(18-30)21-7-3-4-8-23(21)29-13-5-6-14-29/h3-4,7-12,17,24H,1,5-6,13-16,18H2,2H3. The number of hydrogen-bond acceptors (Lipinski definition) is 6. The molecule has 5 rings (SSSR count). The third-order valence-electron chi connectivity index (χ3n) is 6.31. The molecule has 1 unspecified atom stereocenters. The molecule has 3 aliphatic heterocycles. The van der Waals surface area contributed by atoms with Gasteiger partial charge in [0.2, 0.25) is 5.96 Å². The Morgan fingerprint density at radius 1 is 1.00 bits per heavy atom. The smallest absolute Gasteiger partial charge is 0.206 e. The molecule has 31 heavy (non-hydrogen) atoms. The van der Waals surface area contributed by atoms with Gasteiger partial charge in [0.25, 0.3) is 0 Å². The van der Waals surface area contributed by atoms with Crippen molar-refractivity contribution in [1.29, 1.82) is 0 Å². The summed E-state index contributed by atoms with van der Waals surface area (Å²) in [6, 6.07) is 12.7. The number of anilines is 1. The highest BCUT2D eigenvalue weighted by molar-refractivity contribution is 5.91. The maximum Gasteiger partial charge on any atom is 0.206 e. The number of ether oxygens (including phenoxy) is 1. The molecule has 2 aromatic rings. The molecular formula is C25H29N5O. The number of aliphatic imine (C=N–C) groups is 1. The Hall–Kier alpha value is -3.12. The lowest BCUT2D eigenvalue weighted by Gasteiger charge is -2.40. The van der Waals surface area contributed by atoms with Gasteiger partial charge in [0.1, 0.15) is 6.10 Å². The van der Waals surface area contributed by atoms with Crippen LogP contribution in [0.1, 0.15) is 30.1 Å². The first kappa shape index (κ1) is 19.8. The minimum absolute atomic E-state index is 0.0187. The van der Waals surface area contributed by atoms with E-state index in [1.165, 1.54) is 24.1 Å². The Morgan fingerprint density at radius 3 is 2.58 bits per heavy atom. The predicted octanol–water partition coefficient (Wildman–Crippen LogP) is 3.91. The van der Waals surface area contributed by atoms with E-state index >= 15 is 0 Å². The molecule has 0 aliphatic carbocycles. The fraction of sp³-hybridized carbons (Fsp3) is 0.360. The number of benzene rings is 1. The van der Waals surface area contributed by atoms with Gasteiger partial charge in [-0.2, -0.15) is 0 Å². The number of para-hydroxylation sites is 1. The highest BCUT2D eigenvalue weighted by Gasteiger charge is 2.30. The molecule has 0 radical (unpaired) electrons. The van der Waals surface area contributed by atoms with E-state index in [9.17, 15) is 0 Å². The van der Waals surface area contributed by atoms with Gasteiger partial charge in [-0.15, -0.1) is 0 Å². The molecule has 4 heterocycles. The van der Waals surface area contributed by atoms with E-state index in [2.05, 4.69) is 50.5 Å². The Kier molecular flexibility index (Phi) is 5.47. The van der Waals surface area contributed by atoms with Crippen molar-refractivity contribution in [2.45, 2.75) is 18.9 Å². The molecule has 2 saturated heterocycles. The number of rotatable bonds is 3. The molecular weight excluding hydrogens is 386 g/mol. The summed E-state index contributed by atoms with van der Waals surface area (Å²) in [7, 11) is 2.03. The number of pyridine rings is 1. The maximum atomic E-state index is 6.27. The predicted molar refractivity (Wildman–Crippen MR) is 125 cm³/mol. The van der Waals surface area contributed by atoms with Gasteiger partial charge >= 0.3 is 0 Å². The lowest BCUT2D eigenvalue weighted by atomic mass is 10.0. The Morgan fingerprint density at radius 2 is 1.77 bits per heavy atom. The van der Waals surface area contributed by atoms with Crippen LogP contribution in [-0.2, 0) is 4.74 Å². The van der Waals surface area contributed by atoms with Crippen LogP contribution in [0.5, 0.6) is 0 Å². The average molecular weight is 416 g/mol. The fourth-order valence-electron chi connectivity index (χ4n) is 4.58. The average Bonchev–Trinajstić information content (AvgIpc) is 3.36. The van der Waals surface area contributed by atoms with E-state index in [-0.39, 0.29) is 6.10 Å². The van der Waals surface area contributed by atoms with E-state index in [1.54, 1.807) is 12.4 Å². The Labute approximate surface area is 184 Å². The molecule has 0 spiro atoms.